The van der Waals surface area contributed by atoms with Gasteiger partial charge in [0.05, 0.1) is 11.1 Å². The number of rotatable bonds is 5. The van der Waals surface area contributed by atoms with Gasteiger partial charge in [0.2, 0.25) is 0 Å². The van der Waals surface area contributed by atoms with Crippen molar-refractivity contribution in [2.45, 2.75) is 24.5 Å². The normalized spacial score (nSPS) is 21.0. The molecule has 0 unspecified atom stereocenters. The molecule has 1 N–H and O–H groups in total. The van der Waals surface area contributed by atoms with Crippen molar-refractivity contribution in [3.8, 4) is 6.01 Å². The molecule has 4 atom stereocenters. The number of benzene rings is 4. The Morgan fingerprint density at radius 1 is 0.825 bits per heavy atom. The maximum absolute atomic E-state index is 13.5. The largest absolute Gasteiger partial charge is 0.459 e. The highest BCUT2D eigenvalue weighted by Gasteiger charge is 2.54. The monoisotopic (exact) mass is 533 g/mol. The van der Waals surface area contributed by atoms with Crippen molar-refractivity contribution >= 4 is 33.5 Å². The number of aromatic nitrogens is 2. The molecule has 7 rings (SSSR count). The Kier molecular flexibility index (Phi) is 5.78. The molecule has 0 aliphatic carbocycles. The summed E-state index contributed by atoms with van der Waals surface area (Å²) in [6.07, 6.45) is -1.48. The summed E-state index contributed by atoms with van der Waals surface area (Å²) in [5.41, 5.74) is 0.877. The molecule has 0 bridgehead atoms. The van der Waals surface area contributed by atoms with Gasteiger partial charge in [0.25, 0.3) is 0 Å². The number of nitrogens with zero attached hydrogens (tertiary/aromatic N) is 2. The summed E-state index contributed by atoms with van der Waals surface area (Å²) in [6, 6.07) is 27.7. The molecule has 0 spiro atoms. The molecule has 3 heterocycles. The molecule has 1 fully saturated rings. The van der Waals surface area contributed by atoms with Crippen LogP contribution < -0.4 is 10.2 Å². The van der Waals surface area contributed by atoms with Crippen LogP contribution in [0.15, 0.2) is 97.2 Å². The van der Waals surface area contributed by atoms with Crippen molar-refractivity contribution in [1.82, 2.24) is 9.55 Å². The molecule has 1 saturated heterocycles. The first-order chi connectivity index (χ1) is 19.6. The second kappa shape index (κ2) is 9.62. The number of nitrogens with one attached hydrogen (secondary N) is 1. The quantitative estimate of drug-likeness (QED) is 0.333. The summed E-state index contributed by atoms with van der Waals surface area (Å²) < 4.78 is 25.7. The zero-order chi connectivity index (χ0) is 27.2. The number of ether oxygens (including phenoxy) is 4. The highest BCUT2D eigenvalue weighted by molar-refractivity contribution is 6.05. The number of carbonyl (C=O) groups excluding carboxylic acids is 2. The molecule has 0 saturated carbocycles. The van der Waals surface area contributed by atoms with Crippen LogP contribution >= 0.6 is 0 Å². The second-order valence-corrected chi connectivity index (χ2v) is 9.67. The summed E-state index contributed by atoms with van der Waals surface area (Å²) >= 11 is 0. The maximum atomic E-state index is 13.5. The number of hydrogen-bond acceptors (Lipinski definition) is 8. The average Bonchev–Trinajstić information content (AvgIpc) is 3.50. The van der Waals surface area contributed by atoms with E-state index in [-0.39, 0.29) is 18.1 Å². The molecular formula is C31H23N3O6. The average molecular weight is 534 g/mol. The number of fused-ring (bicyclic) bond motifs is 5. The number of carbonyl (C=O) groups is 2. The lowest BCUT2D eigenvalue weighted by Gasteiger charge is -2.22. The van der Waals surface area contributed by atoms with Gasteiger partial charge in [-0.05, 0) is 39.7 Å². The smallest absolute Gasteiger partial charge is 0.339 e. The minimum absolute atomic E-state index is 0.0380. The first kappa shape index (κ1) is 24.1. The topological polar surface area (TPSA) is 113 Å². The van der Waals surface area contributed by atoms with Crippen molar-refractivity contribution in [1.29, 1.82) is 5.41 Å². The van der Waals surface area contributed by atoms with E-state index in [9.17, 15) is 9.59 Å². The van der Waals surface area contributed by atoms with Crippen molar-refractivity contribution in [3.05, 3.63) is 114 Å². The van der Waals surface area contributed by atoms with Crippen LogP contribution in [0.2, 0.25) is 0 Å². The Morgan fingerprint density at radius 2 is 1.45 bits per heavy atom. The molecule has 9 heteroatoms. The first-order valence-electron chi connectivity index (χ1n) is 12.9. The van der Waals surface area contributed by atoms with Gasteiger partial charge in [-0.2, -0.15) is 4.98 Å². The predicted molar refractivity (Wildman–Crippen MR) is 144 cm³/mol. The Morgan fingerprint density at radius 3 is 2.15 bits per heavy atom. The van der Waals surface area contributed by atoms with Gasteiger partial charge in [-0.15, -0.1) is 0 Å². The van der Waals surface area contributed by atoms with Crippen LogP contribution in [0.1, 0.15) is 26.9 Å². The van der Waals surface area contributed by atoms with Crippen LogP contribution in [0.25, 0.3) is 21.5 Å². The van der Waals surface area contributed by atoms with Crippen molar-refractivity contribution in [3.63, 3.8) is 0 Å². The van der Waals surface area contributed by atoms with Gasteiger partial charge in [-0.1, -0.05) is 72.8 Å². The van der Waals surface area contributed by atoms with Crippen LogP contribution in [0.3, 0.4) is 0 Å². The molecule has 0 radical (unpaired) electrons. The minimum Gasteiger partial charge on any atom is -0.459 e. The summed E-state index contributed by atoms with van der Waals surface area (Å²) in [4.78, 5) is 30.7. The van der Waals surface area contributed by atoms with Crippen LogP contribution in [-0.2, 0) is 14.2 Å². The summed E-state index contributed by atoms with van der Waals surface area (Å²) in [5.74, 6) is -1.05. The highest BCUT2D eigenvalue weighted by Crippen LogP contribution is 2.41. The minimum atomic E-state index is -0.910. The van der Waals surface area contributed by atoms with Crippen LogP contribution in [-0.4, -0.2) is 46.4 Å². The fraction of sp³-hybridized carbons (Fsp3) is 0.161. The predicted octanol–water partition coefficient (Wildman–Crippen LogP) is 4.41. The fourth-order valence-electron chi connectivity index (χ4n) is 5.38. The zero-order valence-electron chi connectivity index (χ0n) is 21.1. The van der Waals surface area contributed by atoms with E-state index in [1.807, 2.05) is 60.7 Å². The molecule has 198 valence electrons. The van der Waals surface area contributed by atoms with Crippen LogP contribution in [0.4, 0.5) is 0 Å². The molecule has 9 nitrogen and oxygen atoms in total. The van der Waals surface area contributed by atoms with Gasteiger partial charge < -0.3 is 18.9 Å². The summed E-state index contributed by atoms with van der Waals surface area (Å²) in [6.45, 7) is -0.161. The first-order valence-corrected chi connectivity index (χ1v) is 12.9. The number of esters is 2. The van der Waals surface area contributed by atoms with Gasteiger partial charge >= 0.3 is 17.9 Å². The zero-order valence-corrected chi connectivity index (χ0v) is 21.1. The van der Waals surface area contributed by atoms with Gasteiger partial charge in [0.1, 0.15) is 12.7 Å². The molecule has 0 amide bonds. The molecule has 2 aliphatic rings. The third-order valence-corrected chi connectivity index (χ3v) is 7.27. The van der Waals surface area contributed by atoms with E-state index in [2.05, 4.69) is 4.98 Å². The lowest BCUT2D eigenvalue weighted by atomic mass is 10.0. The molecule has 4 aromatic carbocycles. The maximum Gasteiger partial charge on any atom is 0.339 e. The second-order valence-electron chi connectivity index (χ2n) is 9.67. The Bertz CT molecular complexity index is 1840. The third kappa shape index (κ3) is 4.07. The molecule has 40 heavy (non-hydrogen) atoms. The van der Waals surface area contributed by atoms with E-state index < -0.39 is 36.5 Å². The Labute approximate surface area is 228 Å². The SMILES string of the molecule is N=c1ccn2c(n1)O[C@@H]1[C@H](OC(=O)c3cccc4ccccc34)[C@@H](COC(=O)c3cccc4ccccc34)O[C@H]12. The molecule has 2 aliphatic heterocycles. The van der Waals surface area contributed by atoms with Crippen molar-refractivity contribution < 1.29 is 28.5 Å². The summed E-state index contributed by atoms with van der Waals surface area (Å²) in [7, 11) is 0. The van der Waals surface area contributed by atoms with E-state index in [4.69, 9.17) is 24.4 Å². The molecular weight excluding hydrogens is 510 g/mol. The molecule has 5 aromatic rings. The van der Waals surface area contributed by atoms with Gasteiger partial charge in [-0.3, -0.25) is 9.98 Å². The lowest BCUT2D eigenvalue weighted by molar-refractivity contribution is -0.0573. The Balaban J connectivity index is 1.17. The van der Waals surface area contributed by atoms with Crippen LogP contribution in [0.5, 0.6) is 6.01 Å². The molecule has 1 aromatic heterocycles. The van der Waals surface area contributed by atoms with Crippen molar-refractivity contribution in [2.75, 3.05) is 6.61 Å². The van der Waals surface area contributed by atoms with E-state index in [1.165, 1.54) is 6.07 Å². The van der Waals surface area contributed by atoms with Gasteiger partial charge in [0.15, 0.2) is 23.9 Å². The number of hydrogen-bond donors (Lipinski definition) is 1. The van der Waals surface area contributed by atoms with Gasteiger partial charge in [-0.25, -0.2) is 9.59 Å². The van der Waals surface area contributed by atoms with E-state index in [0.29, 0.717) is 11.1 Å². The van der Waals surface area contributed by atoms with E-state index in [1.54, 1.807) is 35.0 Å². The Hall–Kier alpha value is -5.02. The standard InChI is InChI=1S/C31H23N3O6/c32-25-15-16-34-28-27(40-31(34)33-25)26(39-30(36)23-14-6-10-19-8-2-4-12-21(19)23)24(38-28)17-37-29(35)22-13-5-9-18-7-1-3-11-20(18)22/h1-16,24,26-28,32H,17H2/t24-,26-,27-,28-/m1/s1. The van der Waals surface area contributed by atoms with Crippen LogP contribution in [0, 0.1) is 5.41 Å². The van der Waals surface area contributed by atoms with E-state index in [0.717, 1.165) is 21.5 Å². The summed E-state index contributed by atoms with van der Waals surface area (Å²) in [5, 5.41) is 11.2. The van der Waals surface area contributed by atoms with Gasteiger partial charge in [0, 0.05) is 6.20 Å². The van der Waals surface area contributed by atoms with Crippen molar-refractivity contribution in [2.24, 2.45) is 0 Å². The third-order valence-electron chi connectivity index (χ3n) is 7.27. The fourth-order valence-corrected chi connectivity index (χ4v) is 5.38. The van der Waals surface area contributed by atoms with E-state index >= 15 is 0 Å². The lowest BCUT2D eigenvalue weighted by Crippen LogP contribution is -2.40. The highest BCUT2D eigenvalue weighted by atomic mass is 16.7.